The van der Waals surface area contributed by atoms with Crippen LogP contribution in [0.2, 0.25) is 0 Å². The number of carbonyl (C=O) groups is 3. The molecule has 2 atom stereocenters. The Bertz CT molecular complexity index is 670. The number of carbonyl (C=O) groups excluding carboxylic acids is 3. The fourth-order valence-corrected chi connectivity index (χ4v) is 2.88. The maximum Gasteiger partial charge on any atom is 0.410 e. The summed E-state index contributed by atoms with van der Waals surface area (Å²) in [5, 5.41) is 5.54. The van der Waals surface area contributed by atoms with Gasteiger partial charge in [-0.05, 0) is 39.2 Å². The van der Waals surface area contributed by atoms with E-state index < -0.39 is 23.8 Å². The number of benzene rings is 1. The predicted molar refractivity (Wildman–Crippen MR) is 102 cm³/mol. The second-order valence-corrected chi connectivity index (χ2v) is 7.79. The summed E-state index contributed by atoms with van der Waals surface area (Å²) in [5.74, 6) is -0.553. The molecule has 1 aromatic carbocycles. The molecule has 1 aliphatic heterocycles. The monoisotopic (exact) mass is 375 g/mol. The van der Waals surface area contributed by atoms with Gasteiger partial charge in [0.1, 0.15) is 17.7 Å². The Morgan fingerprint density at radius 2 is 1.96 bits per heavy atom. The third kappa shape index (κ3) is 6.27. The van der Waals surface area contributed by atoms with Crippen LogP contribution in [0.4, 0.5) is 4.79 Å². The number of likely N-dealkylation sites (N-methyl/N-ethyl adjacent to an activating group) is 1. The van der Waals surface area contributed by atoms with Crippen LogP contribution < -0.4 is 10.6 Å². The van der Waals surface area contributed by atoms with Crippen molar-refractivity contribution in [3.05, 3.63) is 35.9 Å². The van der Waals surface area contributed by atoms with Crippen LogP contribution in [-0.2, 0) is 20.7 Å². The molecule has 0 bridgehead atoms. The molecule has 7 nitrogen and oxygen atoms in total. The van der Waals surface area contributed by atoms with Crippen molar-refractivity contribution in [2.75, 3.05) is 13.6 Å². The summed E-state index contributed by atoms with van der Waals surface area (Å²) >= 11 is 0. The van der Waals surface area contributed by atoms with Gasteiger partial charge in [0.15, 0.2) is 0 Å². The smallest absolute Gasteiger partial charge is 0.410 e. The van der Waals surface area contributed by atoms with Gasteiger partial charge in [0.05, 0.1) is 0 Å². The van der Waals surface area contributed by atoms with Gasteiger partial charge in [0.25, 0.3) is 0 Å². The van der Waals surface area contributed by atoms with Crippen molar-refractivity contribution in [3.63, 3.8) is 0 Å². The molecule has 148 valence electrons. The van der Waals surface area contributed by atoms with Crippen molar-refractivity contribution < 1.29 is 19.1 Å². The Morgan fingerprint density at radius 3 is 2.56 bits per heavy atom. The van der Waals surface area contributed by atoms with Gasteiger partial charge < -0.3 is 15.4 Å². The largest absolute Gasteiger partial charge is 0.444 e. The predicted octanol–water partition coefficient (Wildman–Crippen LogP) is 1.86. The van der Waals surface area contributed by atoms with Crippen molar-refractivity contribution in [1.82, 2.24) is 15.5 Å². The lowest BCUT2D eigenvalue weighted by Gasteiger charge is -2.31. The zero-order valence-electron chi connectivity index (χ0n) is 16.5. The fourth-order valence-electron chi connectivity index (χ4n) is 2.88. The first-order valence-electron chi connectivity index (χ1n) is 9.25. The van der Waals surface area contributed by atoms with E-state index in [9.17, 15) is 14.4 Å². The van der Waals surface area contributed by atoms with E-state index in [4.69, 9.17) is 4.74 Å². The van der Waals surface area contributed by atoms with E-state index in [0.717, 1.165) is 12.0 Å². The summed E-state index contributed by atoms with van der Waals surface area (Å²) in [7, 11) is 1.54. The molecule has 2 rings (SSSR count). The third-order valence-corrected chi connectivity index (χ3v) is 4.33. The Balaban J connectivity index is 2.16. The molecule has 2 N–H and O–H groups in total. The first-order chi connectivity index (χ1) is 12.7. The average molecular weight is 375 g/mol. The summed E-state index contributed by atoms with van der Waals surface area (Å²) in [6.07, 6.45) is 1.15. The Labute approximate surface area is 160 Å². The van der Waals surface area contributed by atoms with Gasteiger partial charge in [0, 0.05) is 20.0 Å². The molecule has 1 saturated heterocycles. The van der Waals surface area contributed by atoms with E-state index in [1.165, 1.54) is 4.90 Å². The van der Waals surface area contributed by atoms with Gasteiger partial charge >= 0.3 is 6.09 Å². The Hall–Kier alpha value is -2.57. The molecular formula is C20H29N3O4. The SMILES string of the molecule is CN(C(=O)OC(C)(C)C)[C@H](Cc1ccccc1)C(=O)N[C@@H]1CCCNC1=O. The molecule has 0 radical (unpaired) electrons. The number of ether oxygens (including phenoxy) is 1. The van der Waals surface area contributed by atoms with E-state index in [-0.39, 0.29) is 11.8 Å². The van der Waals surface area contributed by atoms with Crippen molar-refractivity contribution in [3.8, 4) is 0 Å². The average Bonchev–Trinajstić information content (AvgIpc) is 2.60. The lowest BCUT2D eigenvalue weighted by molar-refractivity contribution is -0.132. The molecule has 1 aromatic rings. The highest BCUT2D eigenvalue weighted by molar-refractivity contribution is 5.91. The van der Waals surface area contributed by atoms with Crippen LogP contribution in [-0.4, -0.2) is 54.1 Å². The molecule has 0 unspecified atom stereocenters. The minimum Gasteiger partial charge on any atom is -0.444 e. The number of hydrogen-bond acceptors (Lipinski definition) is 4. The molecular weight excluding hydrogens is 346 g/mol. The van der Waals surface area contributed by atoms with Crippen LogP contribution in [0.1, 0.15) is 39.2 Å². The van der Waals surface area contributed by atoms with Crippen molar-refractivity contribution in [2.45, 2.75) is 57.7 Å². The highest BCUT2D eigenvalue weighted by atomic mass is 16.6. The molecule has 27 heavy (non-hydrogen) atoms. The van der Waals surface area contributed by atoms with Crippen molar-refractivity contribution in [1.29, 1.82) is 0 Å². The zero-order chi connectivity index (χ0) is 20.0. The van der Waals surface area contributed by atoms with Gasteiger partial charge in [-0.25, -0.2) is 4.79 Å². The van der Waals surface area contributed by atoms with Crippen LogP contribution >= 0.6 is 0 Å². The number of rotatable bonds is 5. The topological polar surface area (TPSA) is 87.7 Å². The lowest BCUT2D eigenvalue weighted by atomic mass is 10.0. The Morgan fingerprint density at radius 1 is 1.30 bits per heavy atom. The first-order valence-corrected chi connectivity index (χ1v) is 9.25. The van der Waals surface area contributed by atoms with Gasteiger partial charge in [-0.3, -0.25) is 14.5 Å². The van der Waals surface area contributed by atoms with Crippen LogP contribution in [0.3, 0.4) is 0 Å². The van der Waals surface area contributed by atoms with Crippen LogP contribution in [0.5, 0.6) is 0 Å². The highest BCUT2D eigenvalue weighted by Gasteiger charge is 2.33. The molecule has 7 heteroatoms. The summed E-state index contributed by atoms with van der Waals surface area (Å²) in [6, 6.07) is 8.10. The molecule has 1 fully saturated rings. The van der Waals surface area contributed by atoms with Crippen molar-refractivity contribution >= 4 is 17.9 Å². The summed E-state index contributed by atoms with van der Waals surface area (Å²) in [4.78, 5) is 38.7. The first kappa shape index (κ1) is 20.7. The minimum absolute atomic E-state index is 0.187. The van der Waals surface area contributed by atoms with Crippen LogP contribution in [0.25, 0.3) is 0 Å². The summed E-state index contributed by atoms with van der Waals surface area (Å²) in [6.45, 7) is 5.95. The van der Waals surface area contributed by atoms with Gasteiger partial charge in [-0.1, -0.05) is 30.3 Å². The van der Waals surface area contributed by atoms with E-state index >= 15 is 0 Å². The van der Waals surface area contributed by atoms with E-state index in [2.05, 4.69) is 10.6 Å². The number of nitrogens with one attached hydrogen (secondary N) is 2. The quantitative estimate of drug-likeness (QED) is 0.822. The van der Waals surface area contributed by atoms with Gasteiger partial charge in [0.2, 0.25) is 11.8 Å². The highest BCUT2D eigenvalue weighted by Crippen LogP contribution is 2.15. The summed E-state index contributed by atoms with van der Waals surface area (Å²) < 4.78 is 5.41. The second kappa shape index (κ2) is 8.88. The minimum atomic E-state index is -0.781. The van der Waals surface area contributed by atoms with E-state index in [1.54, 1.807) is 27.8 Å². The molecule has 0 saturated carbocycles. The maximum absolute atomic E-state index is 12.9. The van der Waals surface area contributed by atoms with Gasteiger partial charge in [-0.15, -0.1) is 0 Å². The Kier molecular flexibility index (Phi) is 6.82. The number of nitrogens with zero attached hydrogens (tertiary/aromatic N) is 1. The fraction of sp³-hybridized carbons (Fsp3) is 0.550. The standard InChI is InChI=1S/C20H29N3O4/c1-20(2,3)27-19(26)23(4)16(13-14-9-6-5-7-10-14)18(25)22-15-11-8-12-21-17(15)24/h5-7,9-10,15-16H,8,11-13H2,1-4H3,(H,21,24)(H,22,25)/t15-,16-/m1/s1. The maximum atomic E-state index is 12.9. The molecule has 0 spiro atoms. The molecule has 1 heterocycles. The zero-order valence-corrected chi connectivity index (χ0v) is 16.5. The lowest BCUT2D eigenvalue weighted by Crippen LogP contribution is -2.56. The summed E-state index contributed by atoms with van der Waals surface area (Å²) in [5.41, 5.74) is 0.253. The molecule has 3 amide bonds. The molecule has 0 aromatic heterocycles. The number of amides is 3. The van der Waals surface area contributed by atoms with E-state index in [1.807, 2.05) is 30.3 Å². The van der Waals surface area contributed by atoms with E-state index in [0.29, 0.717) is 19.4 Å². The number of piperidine rings is 1. The second-order valence-electron chi connectivity index (χ2n) is 7.79. The van der Waals surface area contributed by atoms with Gasteiger partial charge in [-0.2, -0.15) is 0 Å². The van der Waals surface area contributed by atoms with Crippen LogP contribution in [0, 0.1) is 0 Å². The molecule has 0 aliphatic carbocycles. The number of hydrogen-bond donors (Lipinski definition) is 2. The van der Waals surface area contributed by atoms with Crippen molar-refractivity contribution in [2.24, 2.45) is 0 Å². The molecule has 1 aliphatic rings. The normalized spacial score (nSPS) is 18.2. The van der Waals surface area contributed by atoms with Crippen LogP contribution in [0.15, 0.2) is 30.3 Å². The third-order valence-electron chi connectivity index (χ3n) is 4.33.